The van der Waals surface area contributed by atoms with Crippen LogP contribution < -0.4 is 11.5 Å². The highest BCUT2D eigenvalue weighted by molar-refractivity contribution is 5.83. The smallest absolute Gasteiger partial charge is 0.141 e. The fourth-order valence-corrected chi connectivity index (χ4v) is 0.993. The molecular weight excluding hydrogens is 184 g/mol. The summed E-state index contributed by atoms with van der Waals surface area (Å²) < 4.78 is 0. The van der Waals surface area contributed by atoms with E-state index in [1.54, 1.807) is 0 Å². The molecule has 0 rings (SSSR count). The van der Waals surface area contributed by atoms with Crippen molar-refractivity contribution in [3.8, 4) is 0 Å². The molecular formula is C8H18N4O2. The van der Waals surface area contributed by atoms with E-state index < -0.39 is 0 Å². The van der Waals surface area contributed by atoms with Gasteiger partial charge in [0.05, 0.1) is 0 Å². The topological polar surface area (TPSA) is 117 Å². The van der Waals surface area contributed by atoms with Crippen LogP contribution in [0.25, 0.3) is 0 Å². The minimum Gasteiger partial charge on any atom is -0.409 e. The van der Waals surface area contributed by atoms with Crippen LogP contribution in [0.5, 0.6) is 0 Å². The Morgan fingerprint density at radius 2 is 1.29 bits per heavy atom. The quantitative estimate of drug-likeness (QED) is 0.225. The Bertz CT molecular complexity index is 203. The van der Waals surface area contributed by atoms with E-state index in [-0.39, 0.29) is 23.5 Å². The number of amidine groups is 2. The molecule has 82 valence electrons. The van der Waals surface area contributed by atoms with E-state index in [4.69, 9.17) is 21.9 Å². The van der Waals surface area contributed by atoms with Crippen LogP contribution in [0.3, 0.4) is 0 Å². The van der Waals surface area contributed by atoms with Crippen molar-refractivity contribution in [2.75, 3.05) is 0 Å². The predicted molar refractivity (Wildman–Crippen MR) is 54.4 cm³/mol. The van der Waals surface area contributed by atoms with Crippen LogP contribution in [0.1, 0.15) is 26.7 Å². The Morgan fingerprint density at radius 1 is 1.00 bits per heavy atom. The Hall–Kier alpha value is -1.46. The molecule has 0 saturated heterocycles. The molecule has 0 saturated carbocycles. The number of oxime groups is 2. The SMILES string of the molecule is C[C@H](CC[C@H](C)/C(N)=N/O)/C(N)=N/O. The van der Waals surface area contributed by atoms with Gasteiger partial charge in [-0.1, -0.05) is 24.2 Å². The highest BCUT2D eigenvalue weighted by atomic mass is 16.4. The van der Waals surface area contributed by atoms with Gasteiger partial charge in [0.1, 0.15) is 11.7 Å². The van der Waals surface area contributed by atoms with Crippen LogP contribution in [-0.4, -0.2) is 22.1 Å². The van der Waals surface area contributed by atoms with Crippen LogP contribution in [0.4, 0.5) is 0 Å². The number of hydrogen-bond acceptors (Lipinski definition) is 4. The Kier molecular flexibility index (Phi) is 5.43. The summed E-state index contributed by atoms with van der Waals surface area (Å²) in [7, 11) is 0. The number of hydrogen-bond donors (Lipinski definition) is 4. The van der Waals surface area contributed by atoms with Gasteiger partial charge in [0.2, 0.25) is 0 Å². The summed E-state index contributed by atoms with van der Waals surface area (Å²) in [4.78, 5) is 0. The van der Waals surface area contributed by atoms with Crippen molar-refractivity contribution >= 4 is 11.7 Å². The van der Waals surface area contributed by atoms with Gasteiger partial charge in [-0.25, -0.2) is 0 Å². The number of rotatable bonds is 5. The molecule has 0 aliphatic heterocycles. The minimum absolute atomic E-state index is 0.00561. The van der Waals surface area contributed by atoms with Gasteiger partial charge in [0, 0.05) is 11.8 Å². The van der Waals surface area contributed by atoms with Gasteiger partial charge < -0.3 is 21.9 Å². The molecule has 6 N–H and O–H groups in total. The second-order valence-corrected chi connectivity index (χ2v) is 3.43. The lowest BCUT2D eigenvalue weighted by Crippen LogP contribution is -2.25. The van der Waals surface area contributed by atoms with Crippen molar-refractivity contribution in [1.82, 2.24) is 0 Å². The van der Waals surface area contributed by atoms with Gasteiger partial charge in [0.25, 0.3) is 0 Å². The largest absolute Gasteiger partial charge is 0.409 e. The molecule has 0 radical (unpaired) electrons. The molecule has 2 atom stereocenters. The van der Waals surface area contributed by atoms with Crippen LogP contribution in [0.2, 0.25) is 0 Å². The van der Waals surface area contributed by atoms with E-state index in [1.807, 2.05) is 13.8 Å². The van der Waals surface area contributed by atoms with Gasteiger partial charge in [-0.2, -0.15) is 0 Å². The van der Waals surface area contributed by atoms with Gasteiger partial charge >= 0.3 is 0 Å². The lowest BCUT2D eigenvalue weighted by Gasteiger charge is -2.13. The van der Waals surface area contributed by atoms with Crippen molar-refractivity contribution in [1.29, 1.82) is 0 Å². The standard InChI is InChI=1S/C8H18N4O2/c1-5(7(9)11-13)3-4-6(2)8(10)12-14/h5-6,13-14H,3-4H2,1-2H3,(H2,9,11)(H2,10,12)/t5-,6+. The van der Waals surface area contributed by atoms with Crippen LogP contribution in [0, 0.1) is 11.8 Å². The number of nitrogens with two attached hydrogens (primary N) is 2. The van der Waals surface area contributed by atoms with E-state index in [2.05, 4.69) is 10.3 Å². The third kappa shape index (κ3) is 3.97. The van der Waals surface area contributed by atoms with Crippen molar-refractivity contribution in [2.24, 2.45) is 33.6 Å². The summed E-state index contributed by atoms with van der Waals surface area (Å²) in [6, 6.07) is 0. The first kappa shape index (κ1) is 12.5. The third-order valence-electron chi connectivity index (χ3n) is 2.27. The monoisotopic (exact) mass is 202 g/mol. The lowest BCUT2D eigenvalue weighted by molar-refractivity contribution is 0.311. The summed E-state index contributed by atoms with van der Waals surface area (Å²) in [5, 5.41) is 22.6. The summed E-state index contributed by atoms with van der Waals surface area (Å²) in [5.74, 6) is 0.399. The van der Waals surface area contributed by atoms with Crippen molar-refractivity contribution in [2.45, 2.75) is 26.7 Å². The van der Waals surface area contributed by atoms with Crippen molar-refractivity contribution < 1.29 is 10.4 Å². The molecule has 6 nitrogen and oxygen atoms in total. The molecule has 6 heteroatoms. The maximum absolute atomic E-state index is 8.40. The fourth-order valence-electron chi connectivity index (χ4n) is 0.993. The Balaban J connectivity index is 3.95. The Labute approximate surface area is 83.3 Å². The zero-order valence-corrected chi connectivity index (χ0v) is 8.51. The highest BCUT2D eigenvalue weighted by Crippen LogP contribution is 2.12. The highest BCUT2D eigenvalue weighted by Gasteiger charge is 2.12. The molecule has 0 amide bonds. The molecule has 0 aromatic rings. The van der Waals surface area contributed by atoms with Crippen LogP contribution in [-0.2, 0) is 0 Å². The van der Waals surface area contributed by atoms with Crippen molar-refractivity contribution in [3.63, 3.8) is 0 Å². The maximum Gasteiger partial charge on any atom is 0.141 e. The fraction of sp³-hybridized carbons (Fsp3) is 0.750. The first-order chi connectivity index (χ1) is 6.52. The minimum atomic E-state index is -0.00561. The van der Waals surface area contributed by atoms with Crippen LogP contribution >= 0.6 is 0 Å². The summed E-state index contributed by atoms with van der Waals surface area (Å²) in [5.41, 5.74) is 10.8. The molecule has 0 unspecified atom stereocenters. The van der Waals surface area contributed by atoms with Gasteiger partial charge in [-0.05, 0) is 12.8 Å². The van der Waals surface area contributed by atoms with E-state index in [1.165, 1.54) is 0 Å². The second-order valence-electron chi connectivity index (χ2n) is 3.43. The van der Waals surface area contributed by atoms with Gasteiger partial charge in [-0.15, -0.1) is 0 Å². The molecule has 0 heterocycles. The maximum atomic E-state index is 8.40. The van der Waals surface area contributed by atoms with E-state index >= 15 is 0 Å². The third-order valence-corrected chi connectivity index (χ3v) is 2.27. The molecule has 0 aliphatic carbocycles. The molecule has 0 bridgehead atoms. The van der Waals surface area contributed by atoms with E-state index in [0.717, 1.165) is 12.8 Å². The van der Waals surface area contributed by atoms with Gasteiger partial charge in [0.15, 0.2) is 0 Å². The molecule has 0 aromatic heterocycles. The number of nitrogens with zero attached hydrogens (tertiary/aromatic N) is 2. The second kappa shape index (κ2) is 6.06. The molecule has 14 heavy (non-hydrogen) atoms. The first-order valence-corrected chi connectivity index (χ1v) is 4.47. The average Bonchev–Trinajstić information content (AvgIpc) is 2.22. The first-order valence-electron chi connectivity index (χ1n) is 4.47. The molecule has 0 aliphatic rings. The summed E-state index contributed by atoms with van der Waals surface area (Å²) in [6.45, 7) is 3.71. The average molecular weight is 202 g/mol. The van der Waals surface area contributed by atoms with Gasteiger partial charge in [-0.3, -0.25) is 0 Å². The molecule has 0 spiro atoms. The lowest BCUT2D eigenvalue weighted by atomic mass is 9.97. The molecule has 0 fully saturated rings. The predicted octanol–water partition coefficient (Wildman–Crippen LogP) is 0.532. The zero-order valence-electron chi connectivity index (χ0n) is 8.51. The summed E-state index contributed by atoms with van der Waals surface area (Å²) in [6.07, 6.45) is 1.46. The van der Waals surface area contributed by atoms with Crippen molar-refractivity contribution in [3.05, 3.63) is 0 Å². The molecule has 0 aromatic carbocycles. The Morgan fingerprint density at radius 3 is 1.50 bits per heavy atom. The van der Waals surface area contributed by atoms with E-state index in [9.17, 15) is 0 Å². The summed E-state index contributed by atoms with van der Waals surface area (Å²) >= 11 is 0. The van der Waals surface area contributed by atoms with Crippen LogP contribution in [0.15, 0.2) is 10.3 Å². The normalized spacial score (nSPS) is 17.9. The zero-order chi connectivity index (χ0) is 11.1. The van der Waals surface area contributed by atoms with E-state index in [0.29, 0.717) is 0 Å².